The minimum atomic E-state index is 0.617. The van der Waals surface area contributed by atoms with Gasteiger partial charge >= 0.3 is 0 Å². The van der Waals surface area contributed by atoms with Crippen LogP contribution in [-0.4, -0.2) is 77.4 Å². The Bertz CT molecular complexity index is 185. The molecule has 0 amide bonds. The Labute approximate surface area is 110 Å². The molecule has 0 spiro atoms. The summed E-state index contributed by atoms with van der Waals surface area (Å²) >= 11 is 0. The van der Waals surface area contributed by atoms with Crippen molar-refractivity contribution in [1.82, 2.24) is 4.90 Å². The first-order chi connectivity index (χ1) is 8.93. The summed E-state index contributed by atoms with van der Waals surface area (Å²) in [7, 11) is 0. The highest BCUT2D eigenvalue weighted by molar-refractivity contribution is 4.73. The summed E-state index contributed by atoms with van der Waals surface area (Å²) in [6.45, 7) is 11.6. The fourth-order valence-electron chi connectivity index (χ4n) is 1.63. The Kier molecular flexibility index (Phi) is 10.1. The van der Waals surface area contributed by atoms with Gasteiger partial charge in [-0.3, -0.25) is 4.90 Å². The quantitative estimate of drug-likeness (QED) is 0.678. The van der Waals surface area contributed by atoms with Gasteiger partial charge in [-0.05, 0) is 0 Å². The van der Waals surface area contributed by atoms with E-state index in [0.29, 0.717) is 52.9 Å². The van der Waals surface area contributed by atoms with Crippen LogP contribution < -0.4 is 0 Å². The molecule has 0 radical (unpaired) electrons. The van der Waals surface area contributed by atoms with Gasteiger partial charge in [-0.1, -0.05) is 6.08 Å². The maximum absolute atomic E-state index is 5.50. The lowest BCUT2D eigenvalue weighted by atomic mass is 10.4. The Balaban J connectivity index is 2.22. The molecule has 0 bridgehead atoms. The van der Waals surface area contributed by atoms with E-state index >= 15 is 0 Å². The van der Waals surface area contributed by atoms with E-state index in [0.717, 1.165) is 19.6 Å². The third-order valence-electron chi connectivity index (χ3n) is 2.61. The van der Waals surface area contributed by atoms with E-state index in [2.05, 4.69) is 11.5 Å². The van der Waals surface area contributed by atoms with Gasteiger partial charge in [0.15, 0.2) is 0 Å². The Morgan fingerprint density at radius 2 is 1.11 bits per heavy atom. The lowest BCUT2D eigenvalue weighted by molar-refractivity contribution is 0.00206. The van der Waals surface area contributed by atoms with Gasteiger partial charge in [-0.2, -0.15) is 0 Å². The van der Waals surface area contributed by atoms with Crippen LogP contribution in [-0.2, 0) is 18.9 Å². The maximum atomic E-state index is 5.50. The summed E-state index contributed by atoms with van der Waals surface area (Å²) in [5, 5.41) is 0. The molecule has 106 valence electrons. The maximum Gasteiger partial charge on any atom is 0.0701 e. The van der Waals surface area contributed by atoms with Gasteiger partial charge in [0.2, 0.25) is 0 Å². The third kappa shape index (κ3) is 8.60. The van der Waals surface area contributed by atoms with Gasteiger partial charge < -0.3 is 18.9 Å². The predicted octanol–water partition coefficient (Wildman–Crippen LogP) is 0.554. The SMILES string of the molecule is C=CCN1CCOCCOCCOCCOCC1. The van der Waals surface area contributed by atoms with Crippen LogP contribution in [0.2, 0.25) is 0 Å². The third-order valence-corrected chi connectivity index (χ3v) is 2.61. The summed E-state index contributed by atoms with van der Waals surface area (Å²) in [5.74, 6) is 0. The molecule has 0 atom stereocenters. The fourth-order valence-corrected chi connectivity index (χ4v) is 1.63. The largest absolute Gasteiger partial charge is 0.378 e. The molecular weight excluding hydrogens is 234 g/mol. The number of rotatable bonds is 2. The van der Waals surface area contributed by atoms with Crippen LogP contribution in [0.3, 0.4) is 0 Å². The molecular formula is C13H25NO4. The molecule has 5 nitrogen and oxygen atoms in total. The lowest BCUT2D eigenvalue weighted by Gasteiger charge is -2.20. The summed E-state index contributed by atoms with van der Waals surface area (Å²) in [6, 6.07) is 0. The lowest BCUT2D eigenvalue weighted by Crippen LogP contribution is -2.31. The topological polar surface area (TPSA) is 40.2 Å². The number of hydrogen-bond donors (Lipinski definition) is 0. The first-order valence-corrected chi connectivity index (χ1v) is 6.57. The minimum absolute atomic E-state index is 0.617. The second-order valence-corrected chi connectivity index (χ2v) is 4.04. The smallest absolute Gasteiger partial charge is 0.0701 e. The van der Waals surface area contributed by atoms with Gasteiger partial charge in [0.1, 0.15) is 0 Å². The minimum Gasteiger partial charge on any atom is -0.378 e. The van der Waals surface area contributed by atoms with Crippen molar-refractivity contribution in [2.24, 2.45) is 0 Å². The first kappa shape index (κ1) is 15.6. The van der Waals surface area contributed by atoms with E-state index in [1.165, 1.54) is 0 Å². The highest BCUT2D eigenvalue weighted by atomic mass is 16.6. The van der Waals surface area contributed by atoms with Gasteiger partial charge in [0.25, 0.3) is 0 Å². The average Bonchev–Trinajstić information content (AvgIpc) is 2.39. The van der Waals surface area contributed by atoms with Crippen LogP contribution in [0, 0.1) is 0 Å². The predicted molar refractivity (Wildman–Crippen MR) is 69.9 cm³/mol. The summed E-state index contributed by atoms with van der Waals surface area (Å²) in [5.41, 5.74) is 0. The number of hydrogen-bond acceptors (Lipinski definition) is 5. The van der Waals surface area contributed by atoms with Crippen LogP contribution in [0.1, 0.15) is 0 Å². The standard InChI is InChI=1S/C13H25NO4/c1-2-3-14-4-6-15-8-10-17-12-13-18-11-9-16-7-5-14/h2H,1,3-13H2. The van der Waals surface area contributed by atoms with E-state index in [-0.39, 0.29) is 0 Å². The molecule has 0 N–H and O–H groups in total. The Morgan fingerprint density at radius 1 is 0.722 bits per heavy atom. The molecule has 1 saturated heterocycles. The Morgan fingerprint density at radius 3 is 1.50 bits per heavy atom. The molecule has 0 unspecified atom stereocenters. The van der Waals surface area contributed by atoms with Crippen molar-refractivity contribution >= 4 is 0 Å². The molecule has 0 aromatic heterocycles. The summed E-state index contributed by atoms with van der Waals surface area (Å²) < 4.78 is 21.7. The van der Waals surface area contributed by atoms with Crippen molar-refractivity contribution in [2.75, 3.05) is 72.5 Å². The summed E-state index contributed by atoms with van der Waals surface area (Å²) in [6.07, 6.45) is 1.90. The normalized spacial score (nSPS) is 22.9. The van der Waals surface area contributed by atoms with E-state index in [1.54, 1.807) is 0 Å². The van der Waals surface area contributed by atoms with Crippen molar-refractivity contribution in [3.63, 3.8) is 0 Å². The van der Waals surface area contributed by atoms with Crippen molar-refractivity contribution in [1.29, 1.82) is 0 Å². The van der Waals surface area contributed by atoms with Gasteiger partial charge in [-0.15, -0.1) is 6.58 Å². The van der Waals surface area contributed by atoms with Crippen molar-refractivity contribution in [2.45, 2.75) is 0 Å². The van der Waals surface area contributed by atoms with E-state index in [9.17, 15) is 0 Å². The highest BCUT2D eigenvalue weighted by Crippen LogP contribution is 1.92. The van der Waals surface area contributed by atoms with E-state index < -0.39 is 0 Å². The molecule has 1 heterocycles. The second kappa shape index (κ2) is 11.6. The molecule has 0 aliphatic carbocycles. The van der Waals surface area contributed by atoms with Crippen molar-refractivity contribution in [3.8, 4) is 0 Å². The Hall–Kier alpha value is -0.460. The van der Waals surface area contributed by atoms with Crippen LogP contribution in [0.25, 0.3) is 0 Å². The van der Waals surface area contributed by atoms with E-state index in [4.69, 9.17) is 18.9 Å². The molecule has 5 heteroatoms. The van der Waals surface area contributed by atoms with E-state index in [1.807, 2.05) is 6.08 Å². The monoisotopic (exact) mass is 259 g/mol. The zero-order chi connectivity index (χ0) is 12.9. The van der Waals surface area contributed by atoms with Crippen LogP contribution in [0.15, 0.2) is 12.7 Å². The van der Waals surface area contributed by atoms with Crippen LogP contribution in [0.4, 0.5) is 0 Å². The zero-order valence-electron chi connectivity index (χ0n) is 11.1. The van der Waals surface area contributed by atoms with Crippen molar-refractivity contribution in [3.05, 3.63) is 12.7 Å². The van der Waals surface area contributed by atoms with Gasteiger partial charge in [0.05, 0.1) is 52.9 Å². The molecule has 1 aliphatic rings. The average molecular weight is 259 g/mol. The van der Waals surface area contributed by atoms with Gasteiger partial charge in [0, 0.05) is 19.6 Å². The highest BCUT2D eigenvalue weighted by Gasteiger charge is 2.03. The molecule has 1 rings (SSSR count). The molecule has 0 saturated carbocycles. The van der Waals surface area contributed by atoms with Crippen molar-refractivity contribution < 1.29 is 18.9 Å². The van der Waals surface area contributed by atoms with Crippen LogP contribution >= 0.6 is 0 Å². The van der Waals surface area contributed by atoms with Gasteiger partial charge in [-0.25, -0.2) is 0 Å². The number of nitrogens with zero attached hydrogens (tertiary/aromatic N) is 1. The fraction of sp³-hybridized carbons (Fsp3) is 0.846. The molecule has 0 aromatic carbocycles. The second-order valence-electron chi connectivity index (χ2n) is 4.04. The molecule has 0 aromatic rings. The summed E-state index contributed by atoms with van der Waals surface area (Å²) in [4.78, 5) is 2.26. The molecule has 1 aliphatic heterocycles. The first-order valence-electron chi connectivity index (χ1n) is 6.57. The molecule has 1 fully saturated rings. The zero-order valence-corrected chi connectivity index (χ0v) is 11.1. The molecule has 18 heavy (non-hydrogen) atoms. The number of ether oxygens (including phenoxy) is 4. The van der Waals surface area contributed by atoms with Crippen LogP contribution in [0.5, 0.6) is 0 Å².